The molecule has 0 saturated carbocycles. The predicted molar refractivity (Wildman–Crippen MR) is 123 cm³/mol. The van der Waals surface area contributed by atoms with Gasteiger partial charge in [-0.05, 0) is 58.8 Å². The van der Waals surface area contributed by atoms with Gasteiger partial charge in [0.25, 0.3) is 0 Å². The summed E-state index contributed by atoms with van der Waals surface area (Å²) in [7, 11) is 0. The molecule has 8 heteroatoms. The summed E-state index contributed by atoms with van der Waals surface area (Å²) < 4.78 is 0. The molecule has 31 heavy (non-hydrogen) atoms. The number of halogens is 1. The van der Waals surface area contributed by atoms with Crippen molar-refractivity contribution in [2.45, 2.75) is 0 Å². The standard InChI is InChI=1S/C23H16ClN5O2/c24-21-27-22(25-19-5-1-3-13-7-9-15(30)11-17(13)19)29-23(28-21)26-20-6-2-4-14-8-10-16(31)12-18(14)20/h1-12,30-31H,(H2,25,26,27,28,29). The van der Waals surface area contributed by atoms with Gasteiger partial charge >= 0.3 is 0 Å². The Labute approximate surface area is 182 Å². The predicted octanol–water partition coefficient (Wildman–Crippen LogP) is 5.73. The van der Waals surface area contributed by atoms with Crippen LogP contribution < -0.4 is 10.6 Å². The molecule has 0 saturated heterocycles. The summed E-state index contributed by atoms with van der Waals surface area (Å²) in [5.74, 6) is 0.830. The first-order valence-electron chi connectivity index (χ1n) is 9.44. The number of rotatable bonds is 4. The van der Waals surface area contributed by atoms with Gasteiger partial charge in [-0.15, -0.1) is 0 Å². The van der Waals surface area contributed by atoms with Crippen LogP contribution >= 0.6 is 11.6 Å². The van der Waals surface area contributed by atoms with Crippen molar-refractivity contribution in [2.75, 3.05) is 10.6 Å². The first-order chi connectivity index (χ1) is 15.0. The smallest absolute Gasteiger partial charge is 0.233 e. The van der Waals surface area contributed by atoms with Crippen LogP contribution in [-0.4, -0.2) is 25.2 Å². The van der Waals surface area contributed by atoms with Crippen LogP contribution in [-0.2, 0) is 0 Å². The summed E-state index contributed by atoms with van der Waals surface area (Å²) in [6, 6.07) is 21.7. The van der Waals surface area contributed by atoms with Crippen LogP contribution in [0.15, 0.2) is 72.8 Å². The molecule has 0 aliphatic carbocycles. The second-order valence-corrected chi connectivity index (χ2v) is 7.26. The van der Waals surface area contributed by atoms with E-state index in [1.165, 1.54) is 0 Å². The van der Waals surface area contributed by atoms with Crippen molar-refractivity contribution in [1.29, 1.82) is 0 Å². The maximum atomic E-state index is 9.86. The van der Waals surface area contributed by atoms with E-state index in [9.17, 15) is 10.2 Å². The van der Waals surface area contributed by atoms with Crippen molar-refractivity contribution in [1.82, 2.24) is 15.0 Å². The average Bonchev–Trinajstić information content (AvgIpc) is 2.74. The van der Waals surface area contributed by atoms with Crippen molar-refractivity contribution in [3.8, 4) is 11.5 Å². The monoisotopic (exact) mass is 429 g/mol. The molecule has 0 atom stereocenters. The van der Waals surface area contributed by atoms with E-state index in [2.05, 4.69) is 25.6 Å². The molecule has 152 valence electrons. The lowest BCUT2D eigenvalue weighted by atomic mass is 10.1. The van der Waals surface area contributed by atoms with Crippen LogP contribution in [0.5, 0.6) is 11.5 Å². The lowest BCUT2D eigenvalue weighted by Crippen LogP contribution is -2.04. The molecule has 0 amide bonds. The SMILES string of the molecule is Oc1ccc2cccc(Nc3nc(Cl)nc(Nc4cccc5ccc(O)cc45)n3)c2c1. The van der Waals surface area contributed by atoms with Crippen molar-refractivity contribution in [3.05, 3.63) is 78.1 Å². The third-order valence-electron chi connectivity index (χ3n) is 4.83. The molecule has 0 spiro atoms. The summed E-state index contributed by atoms with van der Waals surface area (Å²) in [5.41, 5.74) is 1.44. The highest BCUT2D eigenvalue weighted by Gasteiger charge is 2.10. The molecule has 1 aromatic heterocycles. The van der Waals surface area contributed by atoms with E-state index in [1.807, 2.05) is 48.5 Å². The van der Waals surface area contributed by atoms with Gasteiger partial charge in [0.15, 0.2) is 0 Å². The number of aromatic hydroxyl groups is 2. The highest BCUT2D eigenvalue weighted by Crippen LogP contribution is 2.31. The highest BCUT2D eigenvalue weighted by atomic mass is 35.5. The quantitative estimate of drug-likeness (QED) is 0.289. The minimum absolute atomic E-state index is 0.0196. The Kier molecular flexibility index (Phi) is 4.65. The third-order valence-corrected chi connectivity index (χ3v) is 5.00. The van der Waals surface area contributed by atoms with Gasteiger partial charge < -0.3 is 20.8 Å². The number of phenolic OH excluding ortho intramolecular Hbond substituents is 2. The largest absolute Gasteiger partial charge is 0.508 e. The molecule has 0 radical (unpaired) electrons. The fraction of sp³-hybridized carbons (Fsp3) is 0. The van der Waals surface area contributed by atoms with E-state index in [0.29, 0.717) is 0 Å². The van der Waals surface area contributed by atoms with Gasteiger partial charge in [0.05, 0.1) is 0 Å². The molecule has 0 aliphatic heterocycles. The highest BCUT2D eigenvalue weighted by molar-refractivity contribution is 6.28. The molecule has 4 N–H and O–H groups in total. The number of nitrogens with one attached hydrogen (secondary N) is 2. The van der Waals surface area contributed by atoms with Crippen LogP contribution in [0, 0.1) is 0 Å². The van der Waals surface area contributed by atoms with Gasteiger partial charge in [-0.1, -0.05) is 36.4 Å². The van der Waals surface area contributed by atoms with Crippen molar-refractivity contribution >= 4 is 56.4 Å². The van der Waals surface area contributed by atoms with E-state index in [-0.39, 0.29) is 28.7 Å². The lowest BCUT2D eigenvalue weighted by Gasteiger charge is -2.12. The van der Waals surface area contributed by atoms with Gasteiger partial charge in [-0.2, -0.15) is 15.0 Å². The van der Waals surface area contributed by atoms with Crippen LogP contribution in [0.4, 0.5) is 23.3 Å². The zero-order chi connectivity index (χ0) is 21.4. The molecule has 0 bridgehead atoms. The normalized spacial score (nSPS) is 11.0. The van der Waals surface area contributed by atoms with Gasteiger partial charge in [-0.25, -0.2) is 0 Å². The lowest BCUT2D eigenvalue weighted by molar-refractivity contribution is 0.475. The summed E-state index contributed by atoms with van der Waals surface area (Å²) >= 11 is 6.15. The molecule has 5 aromatic rings. The maximum Gasteiger partial charge on any atom is 0.233 e. The minimum Gasteiger partial charge on any atom is -0.508 e. The average molecular weight is 430 g/mol. The van der Waals surface area contributed by atoms with Crippen LogP contribution in [0.3, 0.4) is 0 Å². The number of hydrogen-bond donors (Lipinski definition) is 4. The number of nitrogens with zero attached hydrogens (tertiary/aromatic N) is 3. The van der Waals surface area contributed by atoms with E-state index < -0.39 is 0 Å². The zero-order valence-corrected chi connectivity index (χ0v) is 16.8. The maximum absolute atomic E-state index is 9.86. The van der Waals surface area contributed by atoms with Crippen molar-refractivity contribution in [3.63, 3.8) is 0 Å². The third kappa shape index (κ3) is 3.86. The minimum atomic E-state index is 0.0196. The van der Waals surface area contributed by atoms with Gasteiger partial charge in [0.2, 0.25) is 17.2 Å². The second kappa shape index (κ2) is 7.62. The Morgan fingerprint density at radius 1 is 0.613 bits per heavy atom. The first kappa shape index (κ1) is 18.9. The van der Waals surface area contributed by atoms with Crippen molar-refractivity contribution in [2.24, 2.45) is 0 Å². The van der Waals surface area contributed by atoms with Gasteiger partial charge in [-0.3, -0.25) is 0 Å². The topological polar surface area (TPSA) is 103 Å². The van der Waals surface area contributed by atoms with Crippen LogP contribution in [0.1, 0.15) is 0 Å². The second-order valence-electron chi connectivity index (χ2n) is 6.92. The van der Waals surface area contributed by atoms with E-state index in [4.69, 9.17) is 11.6 Å². The Balaban J connectivity index is 1.51. The Morgan fingerprint density at radius 3 is 1.58 bits per heavy atom. The van der Waals surface area contributed by atoms with E-state index in [0.717, 1.165) is 32.9 Å². The van der Waals surface area contributed by atoms with Crippen molar-refractivity contribution < 1.29 is 10.2 Å². The summed E-state index contributed by atoms with van der Waals surface area (Å²) in [4.78, 5) is 12.8. The Morgan fingerprint density at radius 2 is 1.10 bits per heavy atom. The molecule has 7 nitrogen and oxygen atoms in total. The van der Waals surface area contributed by atoms with Gasteiger partial charge in [0, 0.05) is 22.1 Å². The number of aromatic nitrogens is 3. The first-order valence-corrected chi connectivity index (χ1v) is 9.82. The van der Waals surface area contributed by atoms with E-state index in [1.54, 1.807) is 24.3 Å². The Bertz CT molecular complexity index is 1340. The molecule has 1 heterocycles. The molecular weight excluding hydrogens is 414 g/mol. The molecule has 5 rings (SSSR count). The number of hydrogen-bond acceptors (Lipinski definition) is 7. The van der Waals surface area contributed by atoms with Gasteiger partial charge in [0.1, 0.15) is 11.5 Å². The Hall–Kier alpha value is -4.10. The number of anilines is 4. The fourth-order valence-corrected chi connectivity index (χ4v) is 3.60. The summed E-state index contributed by atoms with van der Waals surface area (Å²) in [6.45, 7) is 0. The molecular formula is C23H16ClN5O2. The number of fused-ring (bicyclic) bond motifs is 2. The summed E-state index contributed by atoms with van der Waals surface area (Å²) in [5, 5.41) is 29.6. The van der Waals surface area contributed by atoms with E-state index >= 15 is 0 Å². The van der Waals surface area contributed by atoms with Crippen LogP contribution in [0.2, 0.25) is 5.28 Å². The molecule has 4 aromatic carbocycles. The number of benzene rings is 4. The fourth-order valence-electron chi connectivity index (χ4n) is 3.44. The summed E-state index contributed by atoms with van der Waals surface area (Å²) in [6.07, 6.45) is 0. The molecule has 0 aliphatic rings. The molecule has 0 fully saturated rings. The van der Waals surface area contributed by atoms with Crippen LogP contribution in [0.25, 0.3) is 21.5 Å². The number of phenols is 2. The molecule has 0 unspecified atom stereocenters. The zero-order valence-electron chi connectivity index (χ0n) is 16.0.